The lowest BCUT2D eigenvalue weighted by atomic mass is 10.1. The molecule has 0 saturated heterocycles. The van der Waals surface area contributed by atoms with E-state index in [1.807, 2.05) is 19.1 Å². The molecule has 0 fully saturated rings. The first-order chi connectivity index (χ1) is 7.90. The normalized spacial score (nSPS) is 14.1. The Morgan fingerprint density at radius 1 is 1.47 bits per heavy atom. The van der Waals surface area contributed by atoms with E-state index in [0.29, 0.717) is 5.75 Å². The fourth-order valence-corrected chi connectivity index (χ4v) is 1.91. The summed E-state index contributed by atoms with van der Waals surface area (Å²) in [4.78, 5) is 10.9. The van der Waals surface area contributed by atoms with Gasteiger partial charge in [0.15, 0.2) is 6.10 Å². The quantitative estimate of drug-likeness (QED) is 0.867. The van der Waals surface area contributed by atoms with Gasteiger partial charge in [-0.1, -0.05) is 6.07 Å². The number of carbonyl (C=O) groups excluding carboxylic acids is 1. The number of benzene rings is 1. The van der Waals surface area contributed by atoms with Gasteiger partial charge in [0.1, 0.15) is 5.75 Å². The number of nitrogens with two attached hydrogens (primary N) is 2. The van der Waals surface area contributed by atoms with Crippen LogP contribution in [0.5, 0.6) is 5.75 Å². The van der Waals surface area contributed by atoms with Crippen molar-refractivity contribution in [2.75, 3.05) is 0 Å². The Balaban J connectivity index is 2.79. The third kappa shape index (κ3) is 4.36. The van der Waals surface area contributed by atoms with Crippen molar-refractivity contribution in [2.24, 2.45) is 11.5 Å². The minimum absolute atomic E-state index is 0.109. The van der Waals surface area contributed by atoms with Crippen molar-refractivity contribution in [2.45, 2.75) is 32.4 Å². The minimum Gasteiger partial charge on any atom is -0.480 e. The monoisotopic (exact) mass is 300 g/mol. The Labute approximate surface area is 109 Å². The summed E-state index contributed by atoms with van der Waals surface area (Å²) in [5.41, 5.74) is 12.0. The highest BCUT2D eigenvalue weighted by atomic mass is 79.9. The molecule has 94 valence electrons. The lowest BCUT2D eigenvalue weighted by Gasteiger charge is -2.14. The van der Waals surface area contributed by atoms with Crippen molar-refractivity contribution >= 4 is 21.8 Å². The van der Waals surface area contributed by atoms with Crippen molar-refractivity contribution in [1.29, 1.82) is 0 Å². The van der Waals surface area contributed by atoms with Crippen LogP contribution in [-0.4, -0.2) is 18.1 Å². The van der Waals surface area contributed by atoms with E-state index in [2.05, 4.69) is 15.9 Å². The van der Waals surface area contributed by atoms with Gasteiger partial charge in [0, 0.05) is 6.04 Å². The number of halogens is 1. The summed E-state index contributed by atoms with van der Waals surface area (Å²) in [5.74, 6) is 0.112. The second-order valence-electron chi connectivity index (χ2n) is 4.11. The van der Waals surface area contributed by atoms with Gasteiger partial charge in [0.05, 0.1) is 4.47 Å². The summed E-state index contributed by atoms with van der Waals surface area (Å²) in [6.07, 6.45) is 0.148. The van der Waals surface area contributed by atoms with Gasteiger partial charge in [-0.25, -0.2) is 0 Å². The first-order valence-corrected chi connectivity index (χ1v) is 6.19. The Bertz CT molecular complexity index is 407. The molecule has 0 heterocycles. The lowest BCUT2D eigenvalue weighted by Crippen LogP contribution is -2.30. The zero-order valence-corrected chi connectivity index (χ0v) is 11.5. The maximum Gasteiger partial charge on any atom is 0.258 e. The lowest BCUT2D eigenvalue weighted by molar-refractivity contribution is -0.124. The molecule has 0 bridgehead atoms. The number of hydrogen-bond acceptors (Lipinski definition) is 3. The zero-order valence-electron chi connectivity index (χ0n) is 9.94. The fraction of sp³-hybridized carbons (Fsp3) is 0.417. The largest absolute Gasteiger partial charge is 0.480 e. The predicted molar refractivity (Wildman–Crippen MR) is 70.8 cm³/mol. The van der Waals surface area contributed by atoms with E-state index >= 15 is 0 Å². The molecule has 2 unspecified atom stereocenters. The molecule has 0 aliphatic rings. The molecule has 4 nitrogen and oxygen atoms in total. The second-order valence-corrected chi connectivity index (χ2v) is 4.96. The Kier molecular flexibility index (Phi) is 4.96. The molecule has 1 aromatic rings. The number of ether oxygens (including phenoxy) is 1. The third-order valence-electron chi connectivity index (χ3n) is 2.26. The van der Waals surface area contributed by atoms with E-state index in [1.54, 1.807) is 13.0 Å². The van der Waals surface area contributed by atoms with Crippen LogP contribution in [0.2, 0.25) is 0 Å². The van der Waals surface area contributed by atoms with Gasteiger partial charge in [-0.15, -0.1) is 0 Å². The highest BCUT2D eigenvalue weighted by molar-refractivity contribution is 9.10. The number of amides is 1. The molecular weight excluding hydrogens is 284 g/mol. The smallest absolute Gasteiger partial charge is 0.258 e. The maximum absolute atomic E-state index is 10.9. The van der Waals surface area contributed by atoms with Crippen LogP contribution in [0.15, 0.2) is 22.7 Å². The topological polar surface area (TPSA) is 78.3 Å². The van der Waals surface area contributed by atoms with E-state index in [0.717, 1.165) is 16.5 Å². The van der Waals surface area contributed by atoms with Crippen molar-refractivity contribution in [3.05, 3.63) is 28.2 Å². The average Bonchev–Trinajstić information content (AvgIpc) is 2.20. The Morgan fingerprint density at radius 3 is 2.59 bits per heavy atom. The standard InChI is InChI=1S/C12H17BrN2O2/c1-7(14)5-9-3-4-11(10(13)6-9)17-8(2)12(15)16/h3-4,6-8H,5,14H2,1-2H3,(H2,15,16). The summed E-state index contributed by atoms with van der Waals surface area (Å²) in [6, 6.07) is 5.78. The zero-order chi connectivity index (χ0) is 13.0. The van der Waals surface area contributed by atoms with Crippen LogP contribution in [-0.2, 0) is 11.2 Å². The molecule has 5 heteroatoms. The highest BCUT2D eigenvalue weighted by Gasteiger charge is 2.12. The van der Waals surface area contributed by atoms with Gasteiger partial charge in [0.2, 0.25) is 0 Å². The van der Waals surface area contributed by atoms with Crippen LogP contribution < -0.4 is 16.2 Å². The summed E-state index contributed by atoms with van der Waals surface area (Å²) in [6.45, 7) is 3.57. The molecule has 4 N–H and O–H groups in total. The van der Waals surface area contributed by atoms with Gasteiger partial charge in [-0.05, 0) is 53.9 Å². The van der Waals surface area contributed by atoms with Crippen molar-refractivity contribution in [3.63, 3.8) is 0 Å². The molecule has 0 aliphatic carbocycles. The van der Waals surface area contributed by atoms with Crippen molar-refractivity contribution < 1.29 is 9.53 Å². The predicted octanol–water partition coefficient (Wildman–Crippen LogP) is 1.59. The summed E-state index contributed by atoms with van der Waals surface area (Å²) >= 11 is 3.40. The van der Waals surface area contributed by atoms with Crippen molar-refractivity contribution in [1.82, 2.24) is 0 Å². The van der Waals surface area contributed by atoms with Crippen LogP contribution in [0, 0.1) is 0 Å². The van der Waals surface area contributed by atoms with Crippen LogP contribution in [0.3, 0.4) is 0 Å². The van der Waals surface area contributed by atoms with Crippen LogP contribution in [0.4, 0.5) is 0 Å². The van der Waals surface area contributed by atoms with Crippen LogP contribution >= 0.6 is 15.9 Å². The molecule has 0 radical (unpaired) electrons. The maximum atomic E-state index is 10.9. The third-order valence-corrected chi connectivity index (χ3v) is 2.88. The minimum atomic E-state index is -0.648. The van der Waals surface area contributed by atoms with Crippen molar-refractivity contribution in [3.8, 4) is 5.75 Å². The van der Waals surface area contributed by atoms with E-state index in [4.69, 9.17) is 16.2 Å². The van der Waals surface area contributed by atoms with E-state index in [-0.39, 0.29) is 6.04 Å². The molecule has 17 heavy (non-hydrogen) atoms. The molecule has 1 amide bonds. The molecule has 2 atom stereocenters. The second kappa shape index (κ2) is 6.02. The number of primary amides is 1. The molecule has 0 aliphatic heterocycles. The van der Waals surface area contributed by atoms with Gasteiger partial charge in [-0.2, -0.15) is 0 Å². The van der Waals surface area contributed by atoms with Crippen LogP contribution in [0.1, 0.15) is 19.4 Å². The van der Waals surface area contributed by atoms with E-state index < -0.39 is 12.0 Å². The SMILES string of the molecule is CC(N)Cc1ccc(OC(C)C(N)=O)c(Br)c1. The Hall–Kier alpha value is -1.07. The molecule has 0 aromatic heterocycles. The average molecular weight is 301 g/mol. The van der Waals surface area contributed by atoms with Gasteiger partial charge in [0.25, 0.3) is 5.91 Å². The van der Waals surface area contributed by atoms with E-state index in [1.165, 1.54) is 0 Å². The van der Waals surface area contributed by atoms with E-state index in [9.17, 15) is 4.79 Å². The van der Waals surface area contributed by atoms with Gasteiger partial charge in [-0.3, -0.25) is 4.79 Å². The van der Waals surface area contributed by atoms with Crippen LogP contribution in [0.25, 0.3) is 0 Å². The van der Waals surface area contributed by atoms with Gasteiger partial charge >= 0.3 is 0 Å². The first-order valence-electron chi connectivity index (χ1n) is 5.40. The fourth-order valence-electron chi connectivity index (χ4n) is 1.39. The molecular formula is C12H17BrN2O2. The summed E-state index contributed by atoms with van der Waals surface area (Å²) in [5, 5.41) is 0. The Morgan fingerprint density at radius 2 is 2.12 bits per heavy atom. The van der Waals surface area contributed by atoms with Gasteiger partial charge < -0.3 is 16.2 Å². The first kappa shape index (κ1) is 14.0. The highest BCUT2D eigenvalue weighted by Crippen LogP contribution is 2.27. The number of rotatable bonds is 5. The molecule has 1 aromatic carbocycles. The molecule has 1 rings (SSSR count). The summed E-state index contributed by atoms with van der Waals surface area (Å²) < 4.78 is 6.21. The molecule has 0 spiro atoms. The number of carbonyl (C=O) groups is 1. The number of hydrogen-bond donors (Lipinski definition) is 2. The summed E-state index contributed by atoms with van der Waals surface area (Å²) in [7, 11) is 0. The molecule has 0 saturated carbocycles.